The SMILES string of the molecule is OC1(c2ccc(CCc3ccccc3)cc2)Cc2ccccc2C2=NCCCN21. The normalized spacial score (nSPS) is 20.6. The maximum atomic E-state index is 11.8. The van der Waals surface area contributed by atoms with Crippen LogP contribution in [0.5, 0.6) is 0 Å². The summed E-state index contributed by atoms with van der Waals surface area (Å²) in [6, 6.07) is 27.4. The summed E-state index contributed by atoms with van der Waals surface area (Å²) in [5.41, 5.74) is 4.89. The molecular formula is C26H26N2O. The largest absolute Gasteiger partial charge is 0.366 e. The number of fused-ring (bicyclic) bond motifs is 3. The molecule has 29 heavy (non-hydrogen) atoms. The van der Waals surface area contributed by atoms with E-state index >= 15 is 0 Å². The van der Waals surface area contributed by atoms with E-state index in [1.165, 1.54) is 16.7 Å². The van der Waals surface area contributed by atoms with Gasteiger partial charge in [-0.15, -0.1) is 0 Å². The fraction of sp³-hybridized carbons (Fsp3) is 0.269. The molecule has 0 saturated heterocycles. The van der Waals surface area contributed by atoms with Crippen LogP contribution in [0.15, 0.2) is 83.9 Å². The molecule has 0 aromatic heterocycles. The van der Waals surface area contributed by atoms with Crippen molar-refractivity contribution in [2.24, 2.45) is 4.99 Å². The van der Waals surface area contributed by atoms with E-state index in [1.807, 2.05) is 6.07 Å². The van der Waals surface area contributed by atoms with Crippen molar-refractivity contribution in [3.05, 3.63) is 107 Å². The van der Waals surface area contributed by atoms with E-state index in [2.05, 4.69) is 77.7 Å². The van der Waals surface area contributed by atoms with Crippen molar-refractivity contribution in [3.63, 3.8) is 0 Å². The van der Waals surface area contributed by atoms with Gasteiger partial charge in [-0.2, -0.15) is 0 Å². The van der Waals surface area contributed by atoms with Gasteiger partial charge < -0.3 is 10.0 Å². The average molecular weight is 383 g/mol. The third kappa shape index (κ3) is 3.36. The number of benzene rings is 3. The lowest BCUT2D eigenvalue weighted by Gasteiger charge is -2.47. The van der Waals surface area contributed by atoms with Gasteiger partial charge in [0.1, 0.15) is 5.84 Å². The van der Waals surface area contributed by atoms with Crippen molar-refractivity contribution in [2.75, 3.05) is 13.1 Å². The Labute approximate surface area is 172 Å². The lowest BCUT2D eigenvalue weighted by Crippen LogP contribution is -2.56. The summed E-state index contributed by atoms with van der Waals surface area (Å²) in [6.45, 7) is 1.66. The van der Waals surface area contributed by atoms with Crippen LogP contribution < -0.4 is 0 Å². The Balaban J connectivity index is 1.42. The molecule has 2 aliphatic rings. The first kappa shape index (κ1) is 18.1. The average Bonchev–Trinajstić information content (AvgIpc) is 2.79. The number of aliphatic hydroxyl groups is 1. The highest BCUT2D eigenvalue weighted by Crippen LogP contribution is 2.38. The smallest absolute Gasteiger partial charge is 0.169 e. The number of hydrogen-bond acceptors (Lipinski definition) is 3. The first-order chi connectivity index (χ1) is 14.2. The molecule has 0 bridgehead atoms. The van der Waals surface area contributed by atoms with Crippen molar-refractivity contribution in [1.82, 2.24) is 4.90 Å². The van der Waals surface area contributed by atoms with Crippen LogP contribution in [0.1, 0.15) is 34.2 Å². The quantitative estimate of drug-likeness (QED) is 0.729. The summed E-state index contributed by atoms with van der Waals surface area (Å²) in [6.07, 6.45) is 3.59. The van der Waals surface area contributed by atoms with Crippen LogP contribution in [-0.2, 0) is 25.0 Å². The number of nitrogens with zero attached hydrogens (tertiary/aromatic N) is 2. The summed E-state index contributed by atoms with van der Waals surface area (Å²) in [4.78, 5) is 6.89. The molecule has 0 spiro atoms. The molecule has 1 atom stereocenters. The number of hydrogen-bond donors (Lipinski definition) is 1. The van der Waals surface area contributed by atoms with Gasteiger partial charge in [0.05, 0.1) is 0 Å². The van der Waals surface area contributed by atoms with E-state index in [1.54, 1.807) is 0 Å². The first-order valence-electron chi connectivity index (χ1n) is 10.5. The summed E-state index contributed by atoms with van der Waals surface area (Å²) in [5, 5.41) is 11.8. The monoisotopic (exact) mass is 382 g/mol. The van der Waals surface area contributed by atoms with E-state index in [4.69, 9.17) is 4.99 Å². The van der Waals surface area contributed by atoms with Gasteiger partial charge in [0.15, 0.2) is 5.72 Å². The fourth-order valence-corrected chi connectivity index (χ4v) is 4.58. The van der Waals surface area contributed by atoms with Crippen LogP contribution in [-0.4, -0.2) is 28.9 Å². The molecule has 2 aliphatic heterocycles. The van der Waals surface area contributed by atoms with Gasteiger partial charge in [-0.05, 0) is 36.0 Å². The predicted octanol–water partition coefficient (Wildman–Crippen LogP) is 4.33. The molecule has 0 amide bonds. The fourth-order valence-electron chi connectivity index (χ4n) is 4.58. The summed E-state index contributed by atoms with van der Waals surface area (Å²) in [5.74, 6) is 0.939. The van der Waals surface area contributed by atoms with Gasteiger partial charge in [0.2, 0.25) is 0 Å². The van der Waals surface area contributed by atoms with E-state index < -0.39 is 5.72 Å². The van der Waals surface area contributed by atoms with Crippen molar-refractivity contribution in [2.45, 2.75) is 31.4 Å². The van der Waals surface area contributed by atoms with Crippen molar-refractivity contribution < 1.29 is 5.11 Å². The Bertz CT molecular complexity index is 1030. The molecule has 3 nitrogen and oxygen atoms in total. The molecule has 0 radical (unpaired) electrons. The highest BCUT2D eigenvalue weighted by Gasteiger charge is 2.44. The van der Waals surface area contributed by atoms with Gasteiger partial charge in [-0.1, -0.05) is 78.9 Å². The standard InChI is InChI=1S/C26H26N2O/c29-26(19-22-9-4-5-10-24(22)25-27-17-6-18-28(25)26)23-15-13-21(14-16-23)12-11-20-7-2-1-3-8-20/h1-5,7-10,13-16,29H,6,11-12,17-19H2. The zero-order chi connectivity index (χ0) is 19.7. The Kier molecular flexibility index (Phi) is 4.69. The van der Waals surface area contributed by atoms with Crippen LogP contribution >= 0.6 is 0 Å². The Morgan fingerprint density at radius 3 is 2.31 bits per heavy atom. The zero-order valence-electron chi connectivity index (χ0n) is 16.6. The van der Waals surface area contributed by atoms with E-state index in [9.17, 15) is 5.11 Å². The minimum atomic E-state index is -1.04. The topological polar surface area (TPSA) is 35.8 Å². The van der Waals surface area contributed by atoms with Gasteiger partial charge in [0.25, 0.3) is 0 Å². The van der Waals surface area contributed by atoms with Crippen molar-refractivity contribution in [1.29, 1.82) is 0 Å². The second kappa shape index (κ2) is 7.49. The van der Waals surface area contributed by atoms with E-state index in [0.29, 0.717) is 6.42 Å². The molecule has 0 saturated carbocycles. The molecule has 146 valence electrons. The second-order valence-corrected chi connectivity index (χ2v) is 8.04. The number of rotatable bonds is 4. The molecule has 3 aromatic carbocycles. The highest BCUT2D eigenvalue weighted by molar-refractivity contribution is 6.02. The maximum Gasteiger partial charge on any atom is 0.169 e. The van der Waals surface area contributed by atoms with Crippen LogP contribution in [0, 0.1) is 0 Å². The van der Waals surface area contributed by atoms with Crippen molar-refractivity contribution >= 4 is 5.84 Å². The molecule has 1 unspecified atom stereocenters. The van der Waals surface area contributed by atoms with Crippen LogP contribution in [0.4, 0.5) is 0 Å². The predicted molar refractivity (Wildman–Crippen MR) is 117 cm³/mol. The Hall–Kier alpha value is -2.91. The zero-order valence-corrected chi connectivity index (χ0v) is 16.6. The molecule has 0 aliphatic carbocycles. The number of aryl methyl sites for hydroxylation is 2. The second-order valence-electron chi connectivity index (χ2n) is 8.04. The molecular weight excluding hydrogens is 356 g/mol. The molecule has 3 heteroatoms. The third-order valence-electron chi connectivity index (χ3n) is 6.16. The van der Waals surface area contributed by atoms with Gasteiger partial charge in [-0.3, -0.25) is 4.99 Å². The van der Waals surface area contributed by atoms with E-state index in [-0.39, 0.29) is 0 Å². The van der Waals surface area contributed by atoms with Crippen LogP contribution in [0.3, 0.4) is 0 Å². The number of aliphatic imine (C=N–C) groups is 1. The minimum absolute atomic E-state index is 0.589. The molecule has 5 rings (SSSR count). The first-order valence-corrected chi connectivity index (χ1v) is 10.5. The summed E-state index contributed by atoms with van der Waals surface area (Å²) >= 11 is 0. The third-order valence-corrected chi connectivity index (χ3v) is 6.16. The molecule has 0 fully saturated rings. The van der Waals surface area contributed by atoms with Crippen molar-refractivity contribution in [3.8, 4) is 0 Å². The lowest BCUT2D eigenvalue weighted by atomic mass is 9.85. The Morgan fingerprint density at radius 2 is 1.52 bits per heavy atom. The maximum absolute atomic E-state index is 11.8. The van der Waals surface area contributed by atoms with Crippen LogP contribution in [0.25, 0.3) is 0 Å². The summed E-state index contributed by atoms with van der Waals surface area (Å²) < 4.78 is 0. The lowest BCUT2D eigenvalue weighted by molar-refractivity contribution is -0.0819. The molecule has 2 heterocycles. The highest BCUT2D eigenvalue weighted by atomic mass is 16.3. The van der Waals surface area contributed by atoms with Gasteiger partial charge in [-0.25, -0.2) is 0 Å². The Morgan fingerprint density at radius 1 is 0.828 bits per heavy atom. The van der Waals surface area contributed by atoms with E-state index in [0.717, 1.165) is 49.3 Å². The van der Waals surface area contributed by atoms with Gasteiger partial charge >= 0.3 is 0 Å². The van der Waals surface area contributed by atoms with Crippen LogP contribution in [0.2, 0.25) is 0 Å². The molecule has 3 aromatic rings. The molecule has 1 N–H and O–H groups in total. The summed E-state index contributed by atoms with van der Waals surface area (Å²) in [7, 11) is 0. The minimum Gasteiger partial charge on any atom is -0.366 e. The number of amidine groups is 1. The van der Waals surface area contributed by atoms with Gasteiger partial charge in [0, 0.05) is 30.6 Å².